The number of nitrogens with zero attached hydrogens (tertiary/aromatic N) is 1. The number of hydrogen-bond acceptors (Lipinski definition) is 1. The number of aromatic nitrogens is 1. The van der Waals surface area contributed by atoms with Crippen molar-refractivity contribution < 1.29 is 26.3 Å². The molecule has 0 spiro atoms. The minimum Gasteiger partial charge on any atom is -0.252 e. The number of alkyl halides is 5. The van der Waals surface area contributed by atoms with E-state index in [9.17, 15) is 26.3 Å². The molecule has 1 nitrogen and oxygen atoms in total. The van der Waals surface area contributed by atoms with Gasteiger partial charge in [0.1, 0.15) is 5.69 Å². The molecule has 0 fully saturated rings. The third kappa shape index (κ3) is 1.97. The Morgan fingerprint density at radius 1 is 1.21 bits per heavy atom. The maximum atomic E-state index is 12.8. The Labute approximate surface area is 74.4 Å². The standard InChI is InChI=1S/C7H3F6N/c8-4-3(7(11,12)13)1-2-14-5(4)6(9)10/h1-2,6H. The number of halogens is 6. The lowest BCUT2D eigenvalue weighted by Crippen LogP contribution is -2.11. The van der Waals surface area contributed by atoms with E-state index in [0.717, 1.165) is 0 Å². The maximum absolute atomic E-state index is 12.8. The molecular formula is C7H3F6N. The van der Waals surface area contributed by atoms with Crippen molar-refractivity contribution in [2.45, 2.75) is 12.6 Å². The highest BCUT2D eigenvalue weighted by molar-refractivity contribution is 5.22. The first kappa shape index (κ1) is 10.8. The van der Waals surface area contributed by atoms with Crippen molar-refractivity contribution >= 4 is 0 Å². The monoisotopic (exact) mass is 215 g/mol. The third-order valence-corrected chi connectivity index (χ3v) is 1.43. The highest BCUT2D eigenvalue weighted by Crippen LogP contribution is 2.33. The van der Waals surface area contributed by atoms with E-state index < -0.39 is 29.7 Å². The van der Waals surface area contributed by atoms with Gasteiger partial charge in [0.05, 0.1) is 5.56 Å². The first-order chi connectivity index (χ1) is 6.34. The second-order valence-electron chi connectivity index (χ2n) is 2.36. The molecule has 0 saturated carbocycles. The summed E-state index contributed by atoms with van der Waals surface area (Å²) < 4.78 is 72.5. The fourth-order valence-corrected chi connectivity index (χ4v) is 0.831. The van der Waals surface area contributed by atoms with E-state index in [1.807, 2.05) is 0 Å². The Balaban J connectivity index is 3.28. The summed E-state index contributed by atoms with van der Waals surface area (Å²) in [6.07, 6.45) is -7.86. The van der Waals surface area contributed by atoms with Crippen molar-refractivity contribution in [2.75, 3.05) is 0 Å². The van der Waals surface area contributed by atoms with Crippen LogP contribution >= 0.6 is 0 Å². The van der Waals surface area contributed by atoms with E-state index in [2.05, 4.69) is 4.98 Å². The first-order valence-electron chi connectivity index (χ1n) is 3.33. The zero-order valence-corrected chi connectivity index (χ0v) is 6.45. The van der Waals surface area contributed by atoms with Gasteiger partial charge in [0, 0.05) is 6.20 Å². The second kappa shape index (κ2) is 3.47. The molecule has 0 amide bonds. The quantitative estimate of drug-likeness (QED) is 0.655. The summed E-state index contributed by atoms with van der Waals surface area (Å²) in [6.45, 7) is 0. The fourth-order valence-electron chi connectivity index (χ4n) is 0.831. The second-order valence-corrected chi connectivity index (χ2v) is 2.36. The Morgan fingerprint density at radius 2 is 1.79 bits per heavy atom. The molecule has 1 rings (SSSR count). The van der Waals surface area contributed by atoms with Crippen molar-refractivity contribution in [3.63, 3.8) is 0 Å². The van der Waals surface area contributed by atoms with Gasteiger partial charge in [0.15, 0.2) is 5.82 Å². The topological polar surface area (TPSA) is 12.9 Å². The van der Waals surface area contributed by atoms with Gasteiger partial charge in [-0.2, -0.15) is 13.2 Å². The van der Waals surface area contributed by atoms with Crippen molar-refractivity contribution in [1.29, 1.82) is 0 Å². The van der Waals surface area contributed by atoms with Crippen molar-refractivity contribution in [1.82, 2.24) is 4.98 Å². The fraction of sp³-hybridized carbons (Fsp3) is 0.286. The molecule has 0 unspecified atom stereocenters. The van der Waals surface area contributed by atoms with Gasteiger partial charge >= 0.3 is 6.18 Å². The first-order valence-corrected chi connectivity index (χ1v) is 3.33. The normalized spacial score (nSPS) is 12.2. The molecule has 14 heavy (non-hydrogen) atoms. The summed E-state index contributed by atoms with van der Waals surface area (Å²) in [4.78, 5) is 2.83. The molecule has 78 valence electrons. The number of hydrogen-bond donors (Lipinski definition) is 0. The summed E-state index contributed by atoms with van der Waals surface area (Å²) in [7, 11) is 0. The van der Waals surface area contributed by atoms with Gasteiger partial charge in [0.25, 0.3) is 6.43 Å². The SMILES string of the molecule is Fc1c(C(F)(F)F)ccnc1C(F)F. The summed E-state index contributed by atoms with van der Waals surface area (Å²) in [5.41, 5.74) is -3.22. The summed E-state index contributed by atoms with van der Waals surface area (Å²) in [6, 6.07) is 0.307. The van der Waals surface area contributed by atoms with Crippen LogP contribution in [0.5, 0.6) is 0 Å². The number of pyridine rings is 1. The smallest absolute Gasteiger partial charge is 0.252 e. The highest BCUT2D eigenvalue weighted by Gasteiger charge is 2.36. The van der Waals surface area contributed by atoms with Gasteiger partial charge < -0.3 is 0 Å². The molecule has 0 bridgehead atoms. The van der Waals surface area contributed by atoms with E-state index in [4.69, 9.17) is 0 Å². The lowest BCUT2D eigenvalue weighted by Gasteiger charge is -2.09. The molecule has 1 heterocycles. The lowest BCUT2D eigenvalue weighted by atomic mass is 10.2. The summed E-state index contributed by atoms with van der Waals surface area (Å²) in [5.74, 6) is -2.02. The van der Waals surface area contributed by atoms with Gasteiger partial charge in [-0.3, -0.25) is 4.98 Å². The minimum absolute atomic E-state index is 0.307. The van der Waals surface area contributed by atoms with Crippen LogP contribution in [0.25, 0.3) is 0 Å². The van der Waals surface area contributed by atoms with Crippen LogP contribution < -0.4 is 0 Å². The van der Waals surface area contributed by atoms with Crippen LogP contribution in [0.15, 0.2) is 12.3 Å². The Bertz CT molecular complexity index is 331. The number of rotatable bonds is 1. The molecule has 0 aliphatic heterocycles. The Hall–Kier alpha value is -1.27. The van der Waals surface area contributed by atoms with E-state index in [1.54, 1.807) is 0 Å². The molecule has 1 aromatic rings. The van der Waals surface area contributed by atoms with E-state index >= 15 is 0 Å². The maximum Gasteiger partial charge on any atom is 0.419 e. The molecule has 0 atom stereocenters. The molecule has 0 aliphatic carbocycles. The zero-order chi connectivity index (χ0) is 10.9. The van der Waals surface area contributed by atoms with E-state index in [0.29, 0.717) is 12.3 Å². The van der Waals surface area contributed by atoms with Gasteiger partial charge in [-0.1, -0.05) is 0 Å². The third-order valence-electron chi connectivity index (χ3n) is 1.43. The predicted octanol–water partition coefficient (Wildman–Crippen LogP) is 3.18. The minimum atomic E-state index is -4.99. The van der Waals surface area contributed by atoms with Crippen LogP contribution in [0.3, 0.4) is 0 Å². The molecule has 0 aliphatic rings. The van der Waals surface area contributed by atoms with Gasteiger partial charge in [0.2, 0.25) is 0 Å². The highest BCUT2D eigenvalue weighted by atomic mass is 19.4. The lowest BCUT2D eigenvalue weighted by molar-refractivity contribution is -0.140. The van der Waals surface area contributed by atoms with Gasteiger partial charge in [-0.05, 0) is 6.07 Å². The van der Waals surface area contributed by atoms with Crippen LogP contribution in [0.1, 0.15) is 17.7 Å². The van der Waals surface area contributed by atoms with E-state index in [-0.39, 0.29) is 0 Å². The van der Waals surface area contributed by atoms with Crippen LogP contribution in [0, 0.1) is 5.82 Å². The Morgan fingerprint density at radius 3 is 2.21 bits per heavy atom. The predicted molar refractivity (Wildman–Crippen MR) is 34.2 cm³/mol. The molecule has 1 aromatic heterocycles. The summed E-state index contributed by atoms with van der Waals surface area (Å²) in [5, 5.41) is 0. The summed E-state index contributed by atoms with van der Waals surface area (Å²) >= 11 is 0. The largest absolute Gasteiger partial charge is 0.419 e. The average molecular weight is 215 g/mol. The van der Waals surface area contributed by atoms with Crippen LogP contribution in [-0.4, -0.2) is 4.98 Å². The van der Waals surface area contributed by atoms with Crippen LogP contribution in [-0.2, 0) is 6.18 Å². The zero-order valence-electron chi connectivity index (χ0n) is 6.45. The van der Waals surface area contributed by atoms with Crippen LogP contribution in [0.4, 0.5) is 26.3 Å². The molecule has 0 radical (unpaired) electrons. The molecule has 0 N–H and O–H groups in total. The van der Waals surface area contributed by atoms with Crippen molar-refractivity contribution in [3.8, 4) is 0 Å². The molecule has 0 saturated heterocycles. The van der Waals surface area contributed by atoms with E-state index in [1.165, 1.54) is 0 Å². The molecule has 0 aromatic carbocycles. The van der Waals surface area contributed by atoms with Crippen LogP contribution in [0.2, 0.25) is 0 Å². The van der Waals surface area contributed by atoms with Gasteiger partial charge in [-0.15, -0.1) is 0 Å². The van der Waals surface area contributed by atoms with Crippen molar-refractivity contribution in [3.05, 3.63) is 29.3 Å². The van der Waals surface area contributed by atoms with Crippen molar-refractivity contribution in [2.24, 2.45) is 0 Å². The van der Waals surface area contributed by atoms with Gasteiger partial charge in [-0.25, -0.2) is 13.2 Å². The Kier molecular flexibility index (Phi) is 2.68. The average Bonchev–Trinajstić information content (AvgIpc) is 2.01. The molecular weight excluding hydrogens is 212 g/mol. The molecule has 7 heteroatoms.